The molecule has 1 atom stereocenters. The molecule has 186 valence electrons. The molecule has 2 amide bonds. The molecule has 0 fully saturated rings. The normalized spacial score (nSPS) is 12.6. The van der Waals surface area contributed by atoms with E-state index < -0.39 is 34.1 Å². The molecule has 2 rings (SSSR count). The highest BCUT2D eigenvalue weighted by atomic mass is 35.5. The van der Waals surface area contributed by atoms with E-state index in [0.717, 1.165) is 16.1 Å². The number of amides is 2. The lowest BCUT2D eigenvalue weighted by Crippen LogP contribution is -2.54. The van der Waals surface area contributed by atoms with Gasteiger partial charge in [-0.3, -0.25) is 13.9 Å². The maximum atomic E-state index is 13.5. The third kappa shape index (κ3) is 7.92. The number of ether oxygens (including phenoxy) is 1. The van der Waals surface area contributed by atoms with Crippen molar-refractivity contribution >= 4 is 39.1 Å². The maximum Gasteiger partial charge on any atom is 0.244 e. The number of sulfonamides is 1. The van der Waals surface area contributed by atoms with Gasteiger partial charge in [-0.15, -0.1) is 0 Å². The van der Waals surface area contributed by atoms with Crippen LogP contribution in [0.3, 0.4) is 0 Å². The second kappa shape index (κ2) is 11.1. The van der Waals surface area contributed by atoms with E-state index in [2.05, 4.69) is 5.32 Å². The lowest BCUT2D eigenvalue weighted by atomic mass is 10.1. The fourth-order valence-corrected chi connectivity index (χ4v) is 4.26. The number of nitrogens with zero attached hydrogens (tertiary/aromatic N) is 2. The minimum atomic E-state index is -3.81. The van der Waals surface area contributed by atoms with Gasteiger partial charge in [-0.2, -0.15) is 0 Å². The van der Waals surface area contributed by atoms with Gasteiger partial charge in [0.2, 0.25) is 21.8 Å². The zero-order valence-electron chi connectivity index (χ0n) is 20.3. The highest BCUT2D eigenvalue weighted by Crippen LogP contribution is 2.23. The summed E-state index contributed by atoms with van der Waals surface area (Å²) in [6.45, 7) is 6.78. The third-order valence-corrected chi connectivity index (χ3v) is 6.33. The van der Waals surface area contributed by atoms with E-state index in [9.17, 15) is 18.0 Å². The number of rotatable bonds is 9. The quantitative estimate of drug-likeness (QED) is 0.558. The van der Waals surface area contributed by atoms with E-state index in [1.807, 2.05) is 20.8 Å². The summed E-state index contributed by atoms with van der Waals surface area (Å²) < 4.78 is 31.2. The van der Waals surface area contributed by atoms with Gasteiger partial charge in [-0.1, -0.05) is 29.8 Å². The van der Waals surface area contributed by atoms with E-state index in [0.29, 0.717) is 10.8 Å². The molecule has 1 N–H and O–H groups in total. The standard InChI is InChI=1S/C24H32ClN3O5S/c1-17(23(30)26-24(2,3)4)27(15-18-10-12-21(33-5)13-11-18)22(29)16-28(34(6,31)32)20-9-7-8-19(25)14-20/h7-14,17H,15-16H2,1-6H3,(H,26,30)/t17-/m0/s1. The Kier molecular flexibility index (Phi) is 8.96. The van der Waals surface area contributed by atoms with Crippen molar-refractivity contribution in [3.63, 3.8) is 0 Å². The Morgan fingerprint density at radius 2 is 1.74 bits per heavy atom. The van der Waals surface area contributed by atoms with Gasteiger partial charge >= 0.3 is 0 Å². The molecule has 0 aliphatic carbocycles. The van der Waals surface area contributed by atoms with Crippen LogP contribution in [0, 0.1) is 0 Å². The van der Waals surface area contributed by atoms with E-state index in [-0.39, 0.29) is 18.1 Å². The number of benzene rings is 2. The van der Waals surface area contributed by atoms with E-state index in [4.69, 9.17) is 16.3 Å². The van der Waals surface area contributed by atoms with Crippen molar-refractivity contribution in [2.75, 3.05) is 24.2 Å². The predicted molar refractivity (Wildman–Crippen MR) is 135 cm³/mol. The van der Waals surface area contributed by atoms with E-state index >= 15 is 0 Å². The Morgan fingerprint density at radius 3 is 2.24 bits per heavy atom. The molecule has 10 heteroatoms. The molecule has 0 aliphatic heterocycles. The molecule has 0 bridgehead atoms. The first kappa shape index (κ1) is 27.5. The lowest BCUT2D eigenvalue weighted by Gasteiger charge is -2.33. The van der Waals surface area contributed by atoms with Crippen molar-refractivity contribution < 1.29 is 22.7 Å². The van der Waals surface area contributed by atoms with E-state index in [1.54, 1.807) is 56.5 Å². The molecule has 0 aliphatic rings. The van der Waals surface area contributed by atoms with Crippen LogP contribution in [-0.2, 0) is 26.2 Å². The summed E-state index contributed by atoms with van der Waals surface area (Å²) in [5.41, 5.74) is 0.525. The zero-order chi connectivity index (χ0) is 25.7. The first-order chi connectivity index (χ1) is 15.7. The molecular weight excluding hydrogens is 478 g/mol. The van der Waals surface area contributed by atoms with Crippen LogP contribution < -0.4 is 14.4 Å². The van der Waals surface area contributed by atoms with Crippen LogP contribution in [-0.4, -0.2) is 56.6 Å². The van der Waals surface area contributed by atoms with Crippen LogP contribution in [0.4, 0.5) is 5.69 Å². The molecule has 0 spiro atoms. The topological polar surface area (TPSA) is 96.0 Å². The van der Waals surface area contributed by atoms with Crippen molar-refractivity contribution in [2.45, 2.75) is 45.8 Å². The van der Waals surface area contributed by atoms with Crippen LogP contribution >= 0.6 is 11.6 Å². The summed E-state index contributed by atoms with van der Waals surface area (Å²) in [6.07, 6.45) is 1.02. The largest absolute Gasteiger partial charge is 0.497 e. The van der Waals surface area contributed by atoms with Crippen molar-refractivity contribution in [3.05, 3.63) is 59.1 Å². The van der Waals surface area contributed by atoms with Crippen molar-refractivity contribution in [2.24, 2.45) is 0 Å². The molecule has 0 aromatic heterocycles. The molecule has 2 aromatic rings. The monoisotopic (exact) mass is 509 g/mol. The van der Waals surface area contributed by atoms with Crippen molar-refractivity contribution in [1.29, 1.82) is 0 Å². The first-order valence-corrected chi connectivity index (χ1v) is 12.9. The highest BCUT2D eigenvalue weighted by molar-refractivity contribution is 7.92. The second-order valence-corrected chi connectivity index (χ2v) is 11.4. The van der Waals surface area contributed by atoms with Gasteiger partial charge < -0.3 is 15.0 Å². The number of anilines is 1. The SMILES string of the molecule is COc1ccc(CN(C(=O)CN(c2cccc(Cl)c2)S(C)(=O)=O)[C@@H](C)C(=O)NC(C)(C)C)cc1. The Morgan fingerprint density at radius 1 is 1.12 bits per heavy atom. The summed E-state index contributed by atoms with van der Waals surface area (Å²) in [6, 6.07) is 12.5. The number of carbonyl (C=O) groups excluding carboxylic acids is 2. The van der Waals surface area contributed by atoms with Gasteiger partial charge in [0.15, 0.2) is 0 Å². The van der Waals surface area contributed by atoms with Crippen LogP contribution in [0.1, 0.15) is 33.3 Å². The molecule has 2 aromatic carbocycles. The first-order valence-electron chi connectivity index (χ1n) is 10.7. The van der Waals surface area contributed by atoms with Crippen LogP contribution in [0.15, 0.2) is 48.5 Å². The van der Waals surface area contributed by atoms with Crippen molar-refractivity contribution in [3.8, 4) is 5.75 Å². The summed E-state index contributed by atoms with van der Waals surface area (Å²) in [4.78, 5) is 27.8. The number of carbonyl (C=O) groups is 2. The van der Waals surface area contributed by atoms with Gasteiger partial charge in [0.25, 0.3) is 0 Å². The second-order valence-electron chi connectivity index (χ2n) is 9.03. The molecule has 0 radical (unpaired) electrons. The molecule has 0 saturated heterocycles. The predicted octanol–water partition coefficient (Wildman–Crippen LogP) is 3.45. The van der Waals surface area contributed by atoms with Gasteiger partial charge in [0.1, 0.15) is 18.3 Å². The molecule has 0 heterocycles. The molecule has 8 nitrogen and oxygen atoms in total. The summed E-state index contributed by atoms with van der Waals surface area (Å²) in [5.74, 6) is -0.217. The summed E-state index contributed by atoms with van der Waals surface area (Å²) in [5, 5.41) is 3.22. The van der Waals surface area contributed by atoms with Crippen molar-refractivity contribution in [1.82, 2.24) is 10.2 Å². The molecule has 34 heavy (non-hydrogen) atoms. The Hall–Kier alpha value is -2.78. The molecule has 0 saturated carbocycles. The lowest BCUT2D eigenvalue weighted by molar-refractivity contribution is -0.140. The Bertz CT molecular complexity index is 1110. The van der Waals surface area contributed by atoms with Gasteiger partial charge in [-0.25, -0.2) is 8.42 Å². The smallest absolute Gasteiger partial charge is 0.244 e. The fraction of sp³-hybridized carbons (Fsp3) is 0.417. The number of methoxy groups -OCH3 is 1. The van der Waals surface area contributed by atoms with Gasteiger partial charge in [-0.05, 0) is 63.6 Å². The number of nitrogens with one attached hydrogen (secondary N) is 1. The third-order valence-electron chi connectivity index (χ3n) is 4.95. The van der Waals surface area contributed by atoms with Gasteiger partial charge in [0.05, 0.1) is 19.1 Å². The zero-order valence-corrected chi connectivity index (χ0v) is 21.9. The van der Waals surface area contributed by atoms with E-state index in [1.165, 1.54) is 11.0 Å². The minimum Gasteiger partial charge on any atom is -0.497 e. The summed E-state index contributed by atoms with van der Waals surface area (Å²) in [7, 11) is -2.25. The number of halogens is 1. The average Bonchev–Trinajstić information content (AvgIpc) is 2.73. The summed E-state index contributed by atoms with van der Waals surface area (Å²) >= 11 is 6.04. The minimum absolute atomic E-state index is 0.106. The highest BCUT2D eigenvalue weighted by Gasteiger charge is 2.31. The Balaban J connectivity index is 2.40. The fourth-order valence-electron chi connectivity index (χ4n) is 3.23. The maximum absolute atomic E-state index is 13.5. The number of hydrogen-bond acceptors (Lipinski definition) is 5. The van der Waals surface area contributed by atoms with Gasteiger partial charge in [0, 0.05) is 17.1 Å². The Labute approximate surface area is 206 Å². The van der Waals surface area contributed by atoms with Crippen LogP contribution in [0.2, 0.25) is 5.02 Å². The molecular formula is C24H32ClN3O5S. The average molecular weight is 510 g/mol. The van der Waals surface area contributed by atoms with Crippen LogP contribution in [0.25, 0.3) is 0 Å². The van der Waals surface area contributed by atoms with Crippen LogP contribution in [0.5, 0.6) is 5.75 Å². The molecule has 0 unspecified atom stereocenters. The number of hydrogen-bond donors (Lipinski definition) is 1.